The molecule has 0 spiro atoms. The highest BCUT2D eigenvalue weighted by molar-refractivity contribution is 5.96. The van der Waals surface area contributed by atoms with Crippen molar-refractivity contribution < 1.29 is 18.7 Å². The van der Waals surface area contributed by atoms with Crippen molar-refractivity contribution in [3.05, 3.63) is 78.3 Å². The average Bonchev–Trinajstić information content (AvgIpc) is 3.22. The van der Waals surface area contributed by atoms with Crippen molar-refractivity contribution in [3.63, 3.8) is 0 Å². The van der Waals surface area contributed by atoms with Crippen molar-refractivity contribution in [1.82, 2.24) is 0 Å². The molecule has 0 saturated carbocycles. The monoisotopic (exact) mass is 406 g/mol. The van der Waals surface area contributed by atoms with Crippen molar-refractivity contribution in [2.24, 2.45) is 5.73 Å². The fraction of sp³-hybridized carbons (Fsp3) is 0.250. The van der Waals surface area contributed by atoms with Crippen LogP contribution in [0.2, 0.25) is 0 Å². The molecule has 3 rings (SSSR count). The first kappa shape index (κ1) is 21.3. The fourth-order valence-electron chi connectivity index (χ4n) is 2.87. The number of hydrogen-bond acceptors (Lipinski definition) is 5. The number of nitrogens with one attached hydrogen (secondary N) is 1. The van der Waals surface area contributed by atoms with Gasteiger partial charge in [0.2, 0.25) is 5.91 Å². The zero-order chi connectivity index (χ0) is 21.7. The minimum absolute atomic E-state index is 0.293. The molecule has 0 radical (unpaired) electrons. The Labute approximate surface area is 176 Å². The van der Waals surface area contributed by atoms with Crippen LogP contribution in [0.15, 0.2) is 71.5 Å². The normalized spacial score (nSPS) is 12.3. The van der Waals surface area contributed by atoms with Gasteiger partial charge in [0.05, 0.1) is 24.1 Å². The minimum Gasteiger partial charge on any atom is -0.472 e. The van der Waals surface area contributed by atoms with Gasteiger partial charge in [-0.3, -0.25) is 4.79 Å². The van der Waals surface area contributed by atoms with E-state index in [-0.39, 0.29) is 5.91 Å². The number of carbonyl (C=O) groups excluding carboxylic acids is 2. The van der Waals surface area contributed by atoms with Crippen molar-refractivity contribution in [2.45, 2.75) is 38.8 Å². The van der Waals surface area contributed by atoms with Gasteiger partial charge in [0.15, 0.2) is 0 Å². The lowest BCUT2D eigenvalue weighted by atomic mass is 10.0. The zero-order valence-electron chi connectivity index (χ0n) is 17.3. The van der Waals surface area contributed by atoms with Gasteiger partial charge >= 0.3 is 5.97 Å². The van der Waals surface area contributed by atoms with Crippen LogP contribution in [0.25, 0.3) is 11.1 Å². The molecule has 1 aromatic heterocycles. The molecule has 156 valence electrons. The Kier molecular flexibility index (Phi) is 6.37. The van der Waals surface area contributed by atoms with Crippen molar-refractivity contribution >= 4 is 17.6 Å². The van der Waals surface area contributed by atoms with E-state index in [2.05, 4.69) is 5.32 Å². The van der Waals surface area contributed by atoms with E-state index in [1.807, 2.05) is 51.1 Å². The molecule has 0 aliphatic carbocycles. The van der Waals surface area contributed by atoms with Crippen LogP contribution in [0.4, 0.5) is 5.69 Å². The molecule has 0 aliphatic heterocycles. The SMILES string of the molecule is CC(C)(C)OC(=O)c1ccc(NC(=O)[C@@H](N)Cc2ccc(-c3ccoc3)cc2)cc1. The summed E-state index contributed by atoms with van der Waals surface area (Å²) >= 11 is 0. The smallest absolute Gasteiger partial charge is 0.338 e. The third-order valence-corrected chi connectivity index (χ3v) is 4.39. The number of esters is 1. The first-order valence-corrected chi connectivity index (χ1v) is 9.73. The molecule has 2 aromatic carbocycles. The lowest BCUT2D eigenvalue weighted by Gasteiger charge is -2.19. The van der Waals surface area contributed by atoms with Crippen LogP contribution in [0.1, 0.15) is 36.7 Å². The lowest BCUT2D eigenvalue weighted by molar-refractivity contribution is -0.117. The van der Waals surface area contributed by atoms with Gasteiger partial charge in [0.1, 0.15) is 5.60 Å². The second-order valence-electron chi connectivity index (χ2n) is 8.09. The summed E-state index contributed by atoms with van der Waals surface area (Å²) in [6, 6.07) is 15.6. The quantitative estimate of drug-likeness (QED) is 0.591. The van der Waals surface area contributed by atoms with E-state index >= 15 is 0 Å². The number of benzene rings is 2. The van der Waals surface area contributed by atoms with Crippen molar-refractivity contribution in [1.29, 1.82) is 0 Å². The molecule has 0 bridgehead atoms. The maximum Gasteiger partial charge on any atom is 0.338 e. The van der Waals surface area contributed by atoms with Crippen molar-refractivity contribution in [2.75, 3.05) is 5.32 Å². The summed E-state index contributed by atoms with van der Waals surface area (Å²) < 4.78 is 10.4. The predicted molar refractivity (Wildman–Crippen MR) is 116 cm³/mol. The van der Waals surface area contributed by atoms with Gasteiger partial charge in [0, 0.05) is 11.3 Å². The Hall–Kier alpha value is -3.38. The zero-order valence-corrected chi connectivity index (χ0v) is 17.3. The second kappa shape index (κ2) is 8.97. The summed E-state index contributed by atoms with van der Waals surface area (Å²) in [7, 11) is 0. The summed E-state index contributed by atoms with van der Waals surface area (Å²) in [5.41, 5.74) is 9.50. The van der Waals surface area contributed by atoms with E-state index in [0.29, 0.717) is 17.7 Å². The maximum absolute atomic E-state index is 12.4. The highest BCUT2D eigenvalue weighted by atomic mass is 16.6. The first-order valence-electron chi connectivity index (χ1n) is 9.73. The van der Waals surface area contributed by atoms with Crippen LogP contribution in [0.5, 0.6) is 0 Å². The molecular weight excluding hydrogens is 380 g/mol. The number of rotatable bonds is 6. The Morgan fingerprint density at radius 1 is 1.00 bits per heavy atom. The van der Waals surface area contributed by atoms with Gasteiger partial charge in [-0.1, -0.05) is 24.3 Å². The van der Waals surface area contributed by atoms with Crippen LogP contribution in [0.3, 0.4) is 0 Å². The highest BCUT2D eigenvalue weighted by Gasteiger charge is 2.18. The van der Waals surface area contributed by atoms with Gasteiger partial charge in [-0.15, -0.1) is 0 Å². The molecule has 0 fully saturated rings. The third kappa shape index (κ3) is 5.81. The molecule has 1 amide bonds. The Balaban J connectivity index is 1.55. The molecule has 1 heterocycles. The molecule has 30 heavy (non-hydrogen) atoms. The van der Waals surface area contributed by atoms with Crippen LogP contribution in [-0.2, 0) is 16.0 Å². The van der Waals surface area contributed by atoms with Gasteiger partial charge in [-0.05, 0) is 68.7 Å². The summed E-state index contributed by atoms with van der Waals surface area (Å²) in [6.45, 7) is 5.43. The largest absolute Gasteiger partial charge is 0.472 e. The lowest BCUT2D eigenvalue weighted by Crippen LogP contribution is -2.37. The van der Waals surface area contributed by atoms with Crippen LogP contribution in [0, 0.1) is 0 Å². The Morgan fingerprint density at radius 3 is 2.23 bits per heavy atom. The second-order valence-corrected chi connectivity index (χ2v) is 8.09. The summed E-state index contributed by atoms with van der Waals surface area (Å²) in [5.74, 6) is -0.699. The predicted octanol–water partition coefficient (Wildman–Crippen LogP) is 4.41. The van der Waals surface area contributed by atoms with E-state index < -0.39 is 17.6 Å². The average molecular weight is 406 g/mol. The van der Waals surface area contributed by atoms with E-state index in [9.17, 15) is 9.59 Å². The topological polar surface area (TPSA) is 94.6 Å². The molecule has 3 aromatic rings. The molecule has 6 heteroatoms. The summed E-state index contributed by atoms with van der Waals surface area (Å²) in [4.78, 5) is 24.5. The maximum atomic E-state index is 12.4. The van der Waals surface area contributed by atoms with E-state index in [1.165, 1.54) is 0 Å². The van der Waals surface area contributed by atoms with E-state index in [1.54, 1.807) is 36.8 Å². The van der Waals surface area contributed by atoms with Crippen LogP contribution < -0.4 is 11.1 Å². The number of furan rings is 1. The molecule has 0 saturated heterocycles. The molecule has 0 aliphatic rings. The van der Waals surface area contributed by atoms with Gasteiger partial charge in [0.25, 0.3) is 0 Å². The van der Waals surface area contributed by atoms with Gasteiger partial charge in [-0.2, -0.15) is 0 Å². The molecule has 0 unspecified atom stereocenters. The van der Waals surface area contributed by atoms with E-state index in [4.69, 9.17) is 14.9 Å². The standard InChI is InChI=1S/C24H26N2O4/c1-24(2,3)30-23(28)18-8-10-20(11-9-18)26-22(27)21(25)14-16-4-6-17(7-5-16)19-12-13-29-15-19/h4-13,15,21H,14,25H2,1-3H3,(H,26,27)/t21-/m0/s1. The highest BCUT2D eigenvalue weighted by Crippen LogP contribution is 2.20. The number of carbonyl (C=O) groups is 2. The Morgan fingerprint density at radius 2 is 1.67 bits per heavy atom. The molecule has 6 nitrogen and oxygen atoms in total. The molecule has 3 N–H and O–H groups in total. The third-order valence-electron chi connectivity index (χ3n) is 4.39. The number of anilines is 1. The van der Waals surface area contributed by atoms with Crippen LogP contribution >= 0.6 is 0 Å². The minimum atomic E-state index is -0.699. The Bertz CT molecular complexity index is 985. The van der Waals surface area contributed by atoms with Gasteiger partial charge < -0.3 is 20.2 Å². The van der Waals surface area contributed by atoms with Gasteiger partial charge in [-0.25, -0.2) is 4.79 Å². The summed E-state index contributed by atoms with van der Waals surface area (Å²) in [6.07, 6.45) is 3.72. The molecule has 1 atom stereocenters. The number of nitrogens with two attached hydrogens (primary N) is 1. The number of amides is 1. The number of ether oxygens (including phenoxy) is 1. The first-order chi connectivity index (χ1) is 14.2. The van der Waals surface area contributed by atoms with Crippen molar-refractivity contribution in [3.8, 4) is 11.1 Å². The summed E-state index contributed by atoms with van der Waals surface area (Å²) in [5, 5.41) is 2.78. The fourth-order valence-corrected chi connectivity index (χ4v) is 2.87. The number of hydrogen-bond donors (Lipinski definition) is 2. The molecular formula is C24H26N2O4. The van der Waals surface area contributed by atoms with Crippen LogP contribution in [-0.4, -0.2) is 23.5 Å². The van der Waals surface area contributed by atoms with E-state index in [0.717, 1.165) is 16.7 Å².